The van der Waals surface area contributed by atoms with Crippen LogP contribution < -0.4 is 10.2 Å². The molecule has 1 aliphatic heterocycles. The summed E-state index contributed by atoms with van der Waals surface area (Å²) in [4.78, 5) is 14.0. The van der Waals surface area contributed by atoms with Gasteiger partial charge >= 0.3 is 0 Å². The van der Waals surface area contributed by atoms with Gasteiger partial charge in [0.25, 0.3) is 0 Å². The van der Waals surface area contributed by atoms with Crippen LogP contribution in [0.2, 0.25) is 5.15 Å². The van der Waals surface area contributed by atoms with Gasteiger partial charge < -0.3 is 10.2 Å². The Morgan fingerprint density at radius 2 is 2.05 bits per heavy atom. The summed E-state index contributed by atoms with van der Waals surface area (Å²) in [5.41, 5.74) is 1.92. The summed E-state index contributed by atoms with van der Waals surface area (Å²) in [5.74, 6) is 0.809. The normalized spacial score (nSPS) is 19.4. The highest BCUT2D eigenvalue weighted by atomic mass is 35.5. The number of piperidine rings is 1. The molecule has 1 unspecified atom stereocenters. The molecular weight excluding hydrogens is 264 g/mol. The molecule has 6 heteroatoms. The van der Waals surface area contributed by atoms with Gasteiger partial charge in [-0.25, -0.2) is 0 Å². The first kappa shape index (κ1) is 14.1. The zero-order chi connectivity index (χ0) is 14.0. The van der Waals surface area contributed by atoms with E-state index in [1.54, 1.807) is 7.05 Å². The highest BCUT2D eigenvalue weighted by Gasteiger charge is 2.30. The fourth-order valence-electron chi connectivity index (χ4n) is 2.46. The smallest absolute Gasteiger partial charge is 0.242 e. The number of carbonyl (C=O) groups is 1. The Morgan fingerprint density at radius 1 is 1.32 bits per heavy atom. The fourth-order valence-corrected chi connectivity index (χ4v) is 2.64. The molecule has 1 aromatic rings. The quantitative estimate of drug-likeness (QED) is 0.899. The van der Waals surface area contributed by atoms with Crippen molar-refractivity contribution >= 4 is 23.3 Å². The molecule has 0 saturated carbocycles. The van der Waals surface area contributed by atoms with Gasteiger partial charge in [0, 0.05) is 13.6 Å². The summed E-state index contributed by atoms with van der Waals surface area (Å²) in [7, 11) is 1.67. The third-order valence-electron chi connectivity index (χ3n) is 3.76. The number of halogens is 1. The molecule has 104 valence electrons. The molecule has 0 aliphatic carbocycles. The van der Waals surface area contributed by atoms with Crippen molar-refractivity contribution in [3.05, 3.63) is 16.3 Å². The van der Waals surface area contributed by atoms with Crippen LogP contribution in [0.1, 0.15) is 30.4 Å². The molecule has 1 saturated heterocycles. The van der Waals surface area contributed by atoms with Crippen LogP contribution in [0.25, 0.3) is 0 Å². The summed E-state index contributed by atoms with van der Waals surface area (Å²) >= 11 is 5.98. The predicted molar refractivity (Wildman–Crippen MR) is 75.6 cm³/mol. The zero-order valence-electron chi connectivity index (χ0n) is 11.5. The number of amides is 1. The lowest BCUT2D eigenvalue weighted by molar-refractivity contribution is -0.122. The van der Waals surface area contributed by atoms with Crippen LogP contribution in [-0.2, 0) is 4.79 Å². The maximum Gasteiger partial charge on any atom is 0.242 e. The highest BCUT2D eigenvalue weighted by Crippen LogP contribution is 2.29. The van der Waals surface area contributed by atoms with Crippen molar-refractivity contribution in [2.45, 2.75) is 39.2 Å². The summed E-state index contributed by atoms with van der Waals surface area (Å²) in [5, 5.41) is 11.3. The Bertz CT molecular complexity index is 492. The van der Waals surface area contributed by atoms with Crippen molar-refractivity contribution in [3.8, 4) is 0 Å². The van der Waals surface area contributed by atoms with Gasteiger partial charge in [0.1, 0.15) is 6.04 Å². The summed E-state index contributed by atoms with van der Waals surface area (Å²) < 4.78 is 0. The Hall–Kier alpha value is -1.36. The van der Waals surface area contributed by atoms with Gasteiger partial charge in [0.05, 0.1) is 0 Å². The second kappa shape index (κ2) is 5.74. The largest absolute Gasteiger partial charge is 0.357 e. The van der Waals surface area contributed by atoms with E-state index in [0.29, 0.717) is 5.15 Å². The second-order valence-electron chi connectivity index (χ2n) is 4.88. The lowest BCUT2D eigenvalue weighted by atomic mass is 10.0. The molecule has 1 aromatic heterocycles. The van der Waals surface area contributed by atoms with Crippen molar-refractivity contribution in [1.29, 1.82) is 0 Å². The number of carbonyl (C=O) groups excluding carboxylic acids is 1. The van der Waals surface area contributed by atoms with E-state index in [-0.39, 0.29) is 11.9 Å². The van der Waals surface area contributed by atoms with E-state index in [4.69, 9.17) is 11.6 Å². The molecular formula is C13H19ClN4O. The molecule has 1 atom stereocenters. The van der Waals surface area contributed by atoms with E-state index in [0.717, 1.165) is 42.8 Å². The van der Waals surface area contributed by atoms with E-state index in [2.05, 4.69) is 15.5 Å². The number of nitrogens with one attached hydrogen (secondary N) is 1. The Kier molecular flexibility index (Phi) is 4.24. The first-order valence-electron chi connectivity index (χ1n) is 6.54. The minimum atomic E-state index is -0.160. The lowest BCUT2D eigenvalue weighted by Crippen LogP contribution is -2.49. The fraction of sp³-hybridized carbons (Fsp3) is 0.615. The van der Waals surface area contributed by atoms with Gasteiger partial charge in [0.2, 0.25) is 5.91 Å². The number of hydrogen-bond donors (Lipinski definition) is 1. The molecule has 0 bridgehead atoms. The molecule has 19 heavy (non-hydrogen) atoms. The minimum absolute atomic E-state index is 0.0357. The number of anilines is 1. The number of hydrogen-bond acceptors (Lipinski definition) is 4. The highest BCUT2D eigenvalue weighted by molar-refractivity contribution is 6.30. The third kappa shape index (κ3) is 2.66. The molecule has 0 aromatic carbocycles. The standard InChI is InChI=1S/C13H19ClN4O/c1-8-9(2)12(17-16-11(8)14)18-7-5-4-6-10(18)13(19)15-3/h10H,4-7H2,1-3H3,(H,15,19). The van der Waals surface area contributed by atoms with Gasteiger partial charge in [-0.3, -0.25) is 4.79 Å². The number of aromatic nitrogens is 2. The van der Waals surface area contributed by atoms with Crippen LogP contribution in [0.3, 0.4) is 0 Å². The lowest BCUT2D eigenvalue weighted by Gasteiger charge is -2.36. The van der Waals surface area contributed by atoms with E-state index in [9.17, 15) is 4.79 Å². The van der Waals surface area contributed by atoms with Crippen molar-refractivity contribution in [3.63, 3.8) is 0 Å². The van der Waals surface area contributed by atoms with Crippen LogP contribution in [-0.4, -0.2) is 35.7 Å². The molecule has 1 fully saturated rings. The molecule has 2 heterocycles. The minimum Gasteiger partial charge on any atom is -0.357 e. The van der Waals surface area contributed by atoms with Crippen molar-refractivity contribution in [1.82, 2.24) is 15.5 Å². The van der Waals surface area contributed by atoms with Gasteiger partial charge in [-0.05, 0) is 44.2 Å². The number of nitrogens with zero attached hydrogens (tertiary/aromatic N) is 3. The Labute approximate surface area is 118 Å². The predicted octanol–water partition coefficient (Wildman–Crippen LogP) is 1.85. The van der Waals surface area contributed by atoms with E-state index < -0.39 is 0 Å². The van der Waals surface area contributed by atoms with Gasteiger partial charge in [-0.2, -0.15) is 0 Å². The molecule has 1 amide bonds. The van der Waals surface area contributed by atoms with E-state index >= 15 is 0 Å². The van der Waals surface area contributed by atoms with Gasteiger partial charge in [0.15, 0.2) is 11.0 Å². The van der Waals surface area contributed by atoms with Crippen molar-refractivity contribution in [2.24, 2.45) is 0 Å². The summed E-state index contributed by atoms with van der Waals surface area (Å²) in [6, 6.07) is -0.160. The Balaban J connectivity index is 2.38. The van der Waals surface area contributed by atoms with Crippen molar-refractivity contribution in [2.75, 3.05) is 18.5 Å². The van der Waals surface area contributed by atoms with Crippen molar-refractivity contribution < 1.29 is 4.79 Å². The number of likely N-dealkylation sites (N-methyl/N-ethyl adjacent to an activating group) is 1. The molecule has 0 spiro atoms. The molecule has 1 aliphatic rings. The van der Waals surface area contributed by atoms with Crippen LogP contribution in [0.4, 0.5) is 5.82 Å². The van der Waals surface area contributed by atoms with Crippen LogP contribution in [0.5, 0.6) is 0 Å². The average Bonchev–Trinajstić information content (AvgIpc) is 2.44. The SMILES string of the molecule is CNC(=O)C1CCCCN1c1nnc(Cl)c(C)c1C. The molecule has 2 rings (SSSR count). The maximum atomic E-state index is 12.0. The van der Waals surface area contributed by atoms with Gasteiger partial charge in [-0.1, -0.05) is 11.6 Å². The zero-order valence-corrected chi connectivity index (χ0v) is 12.3. The summed E-state index contributed by atoms with van der Waals surface area (Å²) in [6.45, 7) is 4.73. The molecule has 1 N–H and O–H groups in total. The van der Waals surface area contributed by atoms with Crippen LogP contribution >= 0.6 is 11.6 Å². The first-order chi connectivity index (χ1) is 9.06. The molecule has 0 radical (unpaired) electrons. The first-order valence-corrected chi connectivity index (χ1v) is 6.91. The van der Waals surface area contributed by atoms with Crippen LogP contribution in [0.15, 0.2) is 0 Å². The second-order valence-corrected chi connectivity index (χ2v) is 5.24. The third-order valence-corrected chi connectivity index (χ3v) is 4.12. The Morgan fingerprint density at radius 3 is 2.74 bits per heavy atom. The summed E-state index contributed by atoms with van der Waals surface area (Å²) in [6.07, 6.45) is 2.98. The monoisotopic (exact) mass is 282 g/mol. The van der Waals surface area contributed by atoms with Crippen LogP contribution in [0, 0.1) is 13.8 Å². The van der Waals surface area contributed by atoms with E-state index in [1.807, 2.05) is 18.7 Å². The number of rotatable bonds is 2. The average molecular weight is 283 g/mol. The van der Waals surface area contributed by atoms with E-state index in [1.165, 1.54) is 0 Å². The van der Waals surface area contributed by atoms with Gasteiger partial charge in [-0.15, -0.1) is 10.2 Å². The topological polar surface area (TPSA) is 58.1 Å². The molecule has 5 nitrogen and oxygen atoms in total. The maximum absolute atomic E-state index is 12.0.